The molecule has 2 N–H and O–H groups in total. The molecule has 0 aromatic carbocycles. The molecule has 0 amide bonds. The maximum atomic E-state index is 12.4. The number of nitrogen functional groups attached to an aromatic ring is 1. The lowest BCUT2D eigenvalue weighted by Crippen LogP contribution is -2.28. The van der Waals surface area contributed by atoms with E-state index in [0.717, 1.165) is 0 Å². The van der Waals surface area contributed by atoms with Crippen LogP contribution in [0.5, 0.6) is 0 Å². The summed E-state index contributed by atoms with van der Waals surface area (Å²) in [7, 11) is 0. The van der Waals surface area contributed by atoms with Crippen molar-refractivity contribution in [3.63, 3.8) is 0 Å². The van der Waals surface area contributed by atoms with Crippen LogP contribution in [0.2, 0.25) is 0 Å². The fourth-order valence-corrected chi connectivity index (χ4v) is 1.17. The summed E-state index contributed by atoms with van der Waals surface area (Å²) >= 11 is 0. The maximum Gasteiger partial charge on any atom is 0.403 e. The Hall–Kier alpha value is -1.27. The van der Waals surface area contributed by atoms with Crippen molar-refractivity contribution in [1.82, 2.24) is 10.2 Å². The third kappa shape index (κ3) is 1.06. The Labute approximate surface area is 70.9 Å². The number of anilines is 1. The van der Waals surface area contributed by atoms with Crippen LogP contribution in [-0.2, 0) is 5.41 Å². The zero-order valence-electron chi connectivity index (χ0n) is 6.43. The van der Waals surface area contributed by atoms with Crippen molar-refractivity contribution in [1.29, 1.82) is 0 Å². The van der Waals surface area contributed by atoms with Crippen molar-refractivity contribution in [2.24, 2.45) is 0 Å². The van der Waals surface area contributed by atoms with Gasteiger partial charge < -0.3 is 10.2 Å². The van der Waals surface area contributed by atoms with Crippen LogP contribution < -0.4 is 5.73 Å². The van der Waals surface area contributed by atoms with E-state index < -0.39 is 17.5 Å². The quantitative estimate of drug-likeness (QED) is 0.728. The lowest BCUT2D eigenvalue weighted by Gasteiger charge is -2.13. The number of hydrogen-bond acceptors (Lipinski definition) is 4. The Bertz CT molecular complexity index is 328. The molecule has 0 unspecified atom stereocenters. The molecule has 1 aromatic rings. The Balaban J connectivity index is 2.36. The van der Waals surface area contributed by atoms with Crippen LogP contribution in [0.25, 0.3) is 0 Å². The number of alkyl halides is 3. The van der Waals surface area contributed by atoms with E-state index in [1.165, 1.54) is 0 Å². The Morgan fingerprint density at radius 3 is 2.23 bits per heavy atom. The predicted molar refractivity (Wildman–Crippen MR) is 35.7 cm³/mol. The molecule has 1 aliphatic rings. The summed E-state index contributed by atoms with van der Waals surface area (Å²) < 4.78 is 41.8. The topological polar surface area (TPSA) is 64.9 Å². The summed E-state index contributed by atoms with van der Waals surface area (Å²) in [6.45, 7) is 0. The van der Waals surface area contributed by atoms with E-state index in [-0.39, 0.29) is 18.9 Å². The van der Waals surface area contributed by atoms with Crippen LogP contribution in [-0.4, -0.2) is 16.4 Å². The summed E-state index contributed by atoms with van der Waals surface area (Å²) in [6.07, 6.45) is -4.33. The standard InChI is InChI=1S/C6H6F3N3O/c7-6(8,9)5(1-2-5)3-11-12-4(10)13-3/h1-2H2,(H2,10,12). The van der Waals surface area contributed by atoms with Crippen molar-refractivity contribution in [2.75, 3.05) is 5.73 Å². The van der Waals surface area contributed by atoms with E-state index in [9.17, 15) is 13.2 Å². The van der Waals surface area contributed by atoms with Crippen LogP contribution in [0, 0.1) is 0 Å². The zero-order valence-corrected chi connectivity index (χ0v) is 6.43. The first-order valence-corrected chi connectivity index (χ1v) is 3.62. The molecule has 1 aromatic heterocycles. The van der Waals surface area contributed by atoms with E-state index in [0.29, 0.717) is 0 Å². The Morgan fingerprint density at radius 1 is 1.31 bits per heavy atom. The monoisotopic (exact) mass is 193 g/mol. The fraction of sp³-hybridized carbons (Fsp3) is 0.667. The molecule has 1 heterocycles. The first-order chi connectivity index (χ1) is 5.96. The van der Waals surface area contributed by atoms with Gasteiger partial charge in [-0.25, -0.2) is 0 Å². The molecule has 1 aliphatic carbocycles. The molecule has 13 heavy (non-hydrogen) atoms. The van der Waals surface area contributed by atoms with Gasteiger partial charge in [-0.1, -0.05) is 5.10 Å². The van der Waals surface area contributed by atoms with E-state index in [4.69, 9.17) is 5.73 Å². The Kier molecular flexibility index (Phi) is 1.38. The van der Waals surface area contributed by atoms with Crippen molar-refractivity contribution in [2.45, 2.75) is 24.4 Å². The second kappa shape index (κ2) is 2.15. The SMILES string of the molecule is Nc1nnc(C2(C(F)(F)F)CC2)o1. The number of rotatable bonds is 1. The highest BCUT2D eigenvalue weighted by Gasteiger charge is 2.68. The van der Waals surface area contributed by atoms with Gasteiger partial charge in [-0.05, 0) is 12.8 Å². The molecule has 72 valence electrons. The minimum absolute atomic E-state index is 0.00185. The van der Waals surface area contributed by atoms with Gasteiger partial charge in [0.15, 0.2) is 0 Å². The minimum atomic E-state index is -4.33. The van der Waals surface area contributed by atoms with Gasteiger partial charge in [0.25, 0.3) is 0 Å². The van der Waals surface area contributed by atoms with Gasteiger partial charge in [0.1, 0.15) is 5.41 Å². The summed E-state index contributed by atoms with van der Waals surface area (Å²) in [6, 6.07) is -0.328. The van der Waals surface area contributed by atoms with E-state index in [1.807, 2.05) is 0 Å². The van der Waals surface area contributed by atoms with Crippen LogP contribution in [0.15, 0.2) is 4.42 Å². The number of aromatic nitrogens is 2. The second-order valence-electron chi connectivity index (χ2n) is 3.03. The van der Waals surface area contributed by atoms with Crippen LogP contribution in [0.4, 0.5) is 19.2 Å². The average molecular weight is 193 g/mol. The van der Waals surface area contributed by atoms with Crippen molar-refractivity contribution in [3.8, 4) is 0 Å². The first kappa shape index (κ1) is 8.33. The highest BCUT2D eigenvalue weighted by molar-refractivity contribution is 5.21. The molecular weight excluding hydrogens is 187 g/mol. The lowest BCUT2D eigenvalue weighted by molar-refractivity contribution is -0.165. The van der Waals surface area contributed by atoms with E-state index >= 15 is 0 Å². The smallest absolute Gasteiger partial charge is 0.403 e. The Morgan fingerprint density at radius 2 is 1.92 bits per heavy atom. The van der Waals surface area contributed by atoms with Gasteiger partial charge in [0.2, 0.25) is 5.89 Å². The van der Waals surface area contributed by atoms with Crippen LogP contribution in [0.1, 0.15) is 18.7 Å². The summed E-state index contributed by atoms with van der Waals surface area (Å²) in [5.41, 5.74) is 3.12. The largest absolute Gasteiger partial charge is 0.407 e. The van der Waals surface area contributed by atoms with Gasteiger partial charge in [-0.2, -0.15) is 13.2 Å². The van der Waals surface area contributed by atoms with Crippen LogP contribution >= 0.6 is 0 Å². The predicted octanol–water partition coefficient (Wildman–Crippen LogP) is 1.25. The molecule has 4 nitrogen and oxygen atoms in total. The fourth-order valence-electron chi connectivity index (χ4n) is 1.17. The molecule has 2 rings (SSSR count). The van der Waals surface area contributed by atoms with Gasteiger partial charge in [0.05, 0.1) is 0 Å². The van der Waals surface area contributed by atoms with Gasteiger partial charge >= 0.3 is 12.2 Å². The average Bonchev–Trinajstić information content (AvgIpc) is 2.70. The normalized spacial score (nSPS) is 20.2. The van der Waals surface area contributed by atoms with Gasteiger partial charge in [-0.15, -0.1) is 5.10 Å². The summed E-state index contributed by atoms with van der Waals surface area (Å²) in [4.78, 5) is 0. The van der Waals surface area contributed by atoms with Gasteiger partial charge in [-0.3, -0.25) is 0 Å². The van der Waals surface area contributed by atoms with Crippen molar-refractivity contribution < 1.29 is 17.6 Å². The molecule has 0 bridgehead atoms. The molecule has 0 saturated heterocycles. The molecule has 0 atom stereocenters. The number of hydrogen-bond donors (Lipinski definition) is 1. The maximum absolute atomic E-state index is 12.4. The highest BCUT2D eigenvalue weighted by atomic mass is 19.4. The molecule has 7 heteroatoms. The van der Waals surface area contributed by atoms with E-state index in [2.05, 4.69) is 14.6 Å². The highest BCUT2D eigenvalue weighted by Crippen LogP contribution is 2.58. The number of nitrogens with two attached hydrogens (primary N) is 1. The first-order valence-electron chi connectivity index (χ1n) is 3.62. The third-order valence-corrected chi connectivity index (χ3v) is 2.14. The molecule has 0 radical (unpaired) electrons. The van der Waals surface area contributed by atoms with Crippen molar-refractivity contribution >= 4 is 6.01 Å². The molecular formula is C6H6F3N3O. The molecule has 1 fully saturated rings. The number of halogens is 3. The molecule has 0 aliphatic heterocycles. The summed E-state index contributed by atoms with van der Waals surface area (Å²) in [5.74, 6) is -0.419. The summed E-state index contributed by atoms with van der Waals surface area (Å²) in [5, 5.41) is 6.45. The molecule has 0 spiro atoms. The van der Waals surface area contributed by atoms with E-state index in [1.54, 1.807) is 0 Å². The lowest BCUT2D eigenvalue weighted by atomic mass is 10.1. The third-order valence-electron chi connectivity index (χ3n) is 2.14. The number of nitrogens with zero attached hydrogens (tertiary/aromatic N) is 2. The zero-order chi connectivity index (χ0) is 9.69. The second-order valence-corrected chi connectivity index (χ2v) is 3.03. The molecule has 1 saturated carbocycles. The van der Waals surface area contributed by atoms with Crippen LogP contribution in [0.3, 0.4) is 0 Å². The van der Waals surface area contributed by atoms with Crippen molar-refractivity contribution in [3.05, 3.63) is 5.89 Å². The minimum Gasteiger partial charge on any atom is -0.407 e. The van der Waals surface area contributed by atoms with Gasteiger partial charge in [0, 0.05) is 0 Å².